The molecule has 0 amide bonds. The quantitative estimate of drug-likeness (QED) is 0.794. The summed E-state index contributed by atoms with van der Waals surface area (Å²) in [4.78, 5) is 16.4. The SMILES string of the molecule is COC(=O)c1c(C)c(C)nc(-c2cccc(Cl)c2)c1C#N. The number of ether oxygens (including phenoxy) is 1. The summed E-state index contributed by atoms with van der Waals surface area (Å²) in [6.45, 7) is 3.54. The summed E-state index contributed by atoms with van der Waals surface area (Å²) in [6, 6.07) is 9.07. The Morgan fingerprint density at radius 1 is 1.38 bits per heavy atom. The van der Waals surface area contributed by atoms with Crippen LogP contribution in [0.5, 0.6) is 0 Å². The van der Waals surface area contributed by atoms with Crippen LogP contribution in [0.3, 0.4) is 0 Å². The predicted octanol–water partition coefficient (Wildman–Crippen LogP) is 3.68. The van der Waals surface area contributed by atoms with Crippen molar-refractivity contribution in [1.29, 1.82) is 5.26 Å². The molecule has 1 heterocycles. The molecule has 0 radical (unpaired) electrons. The van der Waals surface area contributed by atoms with E-state index in [4.69, 9.17) is 16.3 Å². The van der Waals surface area contributed by atoms with E-state index in [0.717, 1.165) is 0 Å². The van der Waals surface area contributed by atoms with Crippen LogP contribution >= 0.6 is 11.6 Å². The summed E-state index contributed by atoms with van der Waals surface area (Å²) in [5, 5.41) is 10.00. The number of pyridine rings is 1. The number of carbonyl (C=O) groups excluding carboxylic acids is 1. The average Bonchev–Trinajstić information content (AvgIpc) is 2.48. The number of hydrogen-bond donors (Lipinski definition) is 0. The number of nitrogens with zero attached hydrogens (tertiary/aromatic N) is 2. The topological polar surface area (TPSA) is 63.0 Å². The molecule has 0 aliphatic heterocycles. The van der Waals surface area contributed by atoms with Crippen LogP contribution in [-0.4, -0.2) is 18.1 Å². The highest BCUT2D eigenvalue weighted by Gasteiger charge is 2.22. The van der Waals surface area contributed by atoms with Crippen molar-refractivity contribution in [3.63, 3.8) is 0 Å². The van der Waals surface area contributed by atoms with Gasteiger partial charge in [0.15, 0.2) is 0 Å². The Morgan fingerprint density at radius 3 is 2.67 bits per heavy atom. The first-order chi connectivity index (χ1) is 9.99. The number of esters is 1. The Bertz CT molecular complexity index is 764. The highest BCUT2D eigenvalue weighted by atomic mass is 35.5. The Labute approximate surface area is 128 Å². The maximum absolute atomic E-state index is 12.0. The first kappa shape index (κ1) is 15.0. The molecule has 0 atom stereocenters. The van der Waals surface area contributed by atoms with Gasteiger partial charge in [0.2, 0.25) is 0 Å². The number of aromatic nitrogens is 1. The molecular formula is C16H13ClN2O2. The average molecular weight is 301 g/mol. The van der Waals surface area contributed by atoms with Crippen LogP contribution in [0.15, 0.2) is 24.3 Å². The molecule has 1 aromatic heterocycles. The number of nitriles is 1. The van der Waals surface area contributed by atoms with Crippen LogP contribution in [0.1, 0.15) is 27.2 Å². The maximum atomic E-state index is 12.0. The van der Waals surface area contributed by atoms with Crippen molar-refractivity contribution >= 4 is 17.6 Å². The summed E-state index contributed by atoms with van der Waals surface area (Å²) >= 11 is 5.99. The van der Waals surface area contributed by atoms with Crippen molar-refractivity contribution in [2.24, 2.45) is 0 Å². The molecule has 106 valence electrons. The minimum Gasteiger partial charge on any atom is -0.465 e. The number of halogens is 1. The molecule has 0 fully saturated rings. The molecule has 0 spiro atoms. The Morgan fingerprint density at radius 2 is 2.10 bits per heavy atom. The van der Waals surface area contributed by atoms with E-state index in [1.807, 2.05) is 0 Å². The predicted molar refractivity (Wildman–Crippen MR) is 80.2 cm³/mol. The van der Waals surface area contributed by atoms with E-state index in [1.165, 1.54) is 7.11 Å². The fourth-order valence-corrected chi connectivity index (χ4v) is 2.30. The van der Waals surface area contributed by atoms with E-state index in [1.54, 1.807) is 38.1 Å². The van der Waals surface area contributed by atoms with Crippen molar-refractivity contribution < 1.29 is 9.53 Å². The van der Waals surface area contributed by atoms with Gasteiger partial charge in [-0.2, -0.15) is 5.26 Å². The summed E-state index contributed by atoms with van der Waals surface area (Å²) in [6.07, 6.45) is 0. The molecule has 0 aliphatic carbocycles. The second kappa shape index (κ2) is 5.94. The van der Waals surface area contributed by atoms with Gasteiger partial charge in [0, 0.05) is 16.3 Å². The highest BCUT2D eigenvalue weighted by Crippen LogP contribution is 2.29. The summed E-state index contributed by atoms with van der Waals surface area (Å²) < 4.78 is 4.79. The van der Waals surface area contributed by atoms with Crippen molar-refractivity contribution in [2.75, 3.05) is 7.11 Å². The molecule has 1 aromatic carbocycles. The zero-order chi connectivity index (χ0) is 15.6. The molecule has 21 heavy (non-hydrogen) atoms. The van der Waals surface area contributed by atoms with Gasteiger partial charge in [0.05, 0.1) is 23.9 Å². The highest BCUT2D eigenvalue weighted by molar-refractivity contribution is 6.30. The second-order valence-corrected chi connectivity index (χ2v) is 4.97. The van der Waals surface area contributed by atoms with Crippen LogP contribution < -0.4 is 0 Å². The first-order valence-electron chi connectivity index (χ1n) is 6.25. The molecule has 2 rings (SSSR count). The van der Waals surface area contributed by atoms with E-state index in [2.05, 4.69) is 11.1 Å². The fourth-order valence-electron chi connectivity index (χ4n) is 2.10. The Balaban J connectivity index is 2.82. The van der Waals surface area contributed by atoms with Crippen molar-refractivity contribution in [3.05, 3.63) is 51.7 Å². The number of rotatable bonds is 2. The van der Waals surface area contributed by atoms with E-state index in [0.29, 0.717) is 27.5 Å². The molecule has 0 saturated heterocycles. The lowest BCUT2D eigenvalue weighted by Gasteiger charge is -2.13. The van der Waals surface area contributed by atoms with Crippen molar-refractivity contribution in [2.45, 2.75) is 13.8 Å². The summed E-state index contributed by atoms with van der Waals surface area (Å²) in [5.41, 5.74) is 2.89. The fraction of sp³-hybridized carbons (Fsp3) is 0.188. The molecule has 2 aromatic rings. The zero-order valence-corrected chi connectivity index (χ0v) is 12.7. The lowest BCUT2D eigenvalue weighted by Crippen LogP contribution is -2.11. The van der Waals surface area contributed by atoms with Gasteiger partial charge in [0.1, 0.15) is 6.07 Å². The number of hydrogen-bond acceptors (Lipinski definition) is 4. The van der Waals surface area contributed by atoms with Gasteiger partial charge in [-0.15, -0.1) is 0 Å². The van der Waals surface area contributed by atoms with Gasteiger partial charge in [-0.3, -0.25) is 4.98 Å². The summed E-state index contributed by atoms with van der Waals surface area (Å²) in [5.74, 6) is -0.544. The number of methoxy groups -OCH3 is 1. The van der Waals surface area contributed by atoms with E-state index in [9.17, 15) is 10.1 Å². The normalized spacial score (nSPS) is 10.0. The molecule has 0 aliphatic rings. The molecule has 0 bridgehead atoms. The van der Waals surface area contributed by atoms with Gasteiger partial charge >= 0.3 is 5.97 Å². The summed E-state index contributed by atoms with van der Waals surface area (Å²) in [7, 11) is 1.29. The minimum atomic E-state index is -0.544. The molecule has 5 heteroatoms. The molecule has 0 N–H and O–H groups in total. The van der Waals surface area contributed by atoms with Gasteiger partial charge in [-0.05, 0) is 31.5 Å². The second-order valence-electron chi connectivity index (χ2n) is 4.53. The van der Waals surface area contributed by atoms with Gasteiger partial charge in [0.25, 0.3) is 0 Å². The van der Waals surface area contributed by atoms with Crippen LogP contribution in [0.4, 0.5) is 0 Å². The van der Waals surface area contributed by atoms with Crippen LogP contribution in [0.25, 0.3) is 11.3 Å². The Hall–Kier alpha value is -2.38. The standard InChI is InChI=1S/C16H13ClN2O2/c1-9-10(2)19-15(11-5-4-6-12(17)7-11)13(8-18)14(9)16(20)21-3/h4-7H,1-3H3. The number of benzene rings is 1. The largest absolute Gasteiger partial charge is 0.465 e. The van der Waals surface area contributed by atoms with Crippen LogP contribution in [0, 0.1) is 25.2 Å². The van der Waals surface area contributed by atoms with Crippen molar-refractivity contribution in [3.8, 4) is 17.3 Å². The van der Waals surface area contributed by atoms with Crippen LogP contribution in [0.2, 0.25) is 5.02 Å². The smallest absolute Gasteiger partial charge is 0.339 e. The minimum absolute atomic E-state index is 0.201. The third-order valence-corrected chi connectivity index (χ3v) is 3.52. The molecular weight excluding hydrogens is 288 g/mol. The lowest BCUT2D eigenvalue weighted by molar-refractivity contribution is 0.0599. The Kier molecular flexibility index (Phi) is 4.25. The van der Waals surface area contributed by atoms with Crippen LogP contribution in [-0.2, 0) is 4.74 Å². The van der Waals surface area contributed by atoms with E-state index >= 15 is 0 Å². The first-order valence-corrected chi connectivity index (χ1v) is 6.63. The maximum Gasteiger partial charge on any atom is 0.339 e. The monoisotopic (exact) mass is 300 g/mol. The number of carbonyl (C=O) groups is 1. The number of aryl methyl sites for hydroxylation is 1. The van der Waals surface area contributed by atoms with Gasteiger partial charge in [-0.25, -0.2) is 4.79 Å². The zero-order valence-electron chi connectivity index (χ0n) is 11.9. The molecule has 0 saturated carbocycles. The van der Waals surface area contributed by atoms with E-state index in [-0.39, 0.29) is 11.1 Å². The molecule has 4 nitrogen and oxygen atoms in total. The lowest BCUT2D eigenvalue weighted by atomic mass is 9.96. The van der Waals surface area contributed by atoms with Crippen molar-refractivity contribution in [1.82, 2.24) is 4.98 Å². The van der Waals surface area contributed by atoms with Gasteiger partial charge < -0.3 is 4.74 Å². The molecule has 0 unspecified atom stereocenters. The third-order valence-electron chi connectivity index (χ3n) is 3.28. The third kappa shape index (κ3) is 2.74. The van der Waals surface area contributed by atoms with Gasteiger partial charge in [-0.1, -0.05) is 23.7 Å². The van der Waals surface area contributed by atoms with E-state index < -0.39 is 5.97 Å².